The van der Waals surface area contributed by atoms with Gasteiger partial charge in [-0.15, -0.1) is 0 Å². The highest BCUT2D eigenvalue weighted by atomic mass is 14.4. The largest absolute Gasteiger partial charge is 0.0917 e. The molecule has 0 heterocycles. The molecule has 2 atom stereocenters. The second-order valence-electron chi connectivity index (χ2n) is 3.83. The SMILES string of the molecule is C/C=C/CC1CC2=CCC1C2. The van der Waals surface area contributed by atoms with Crippen molar-refractivity contribution in [2.75, 3.05) is 0 Å². The van der Waals surface area contributed by atoms with E-state index in [0.29, 0.717) is 0 Å². The smallest absolute Gasteiger partial charge is 0.0286 e. The van der Waals surface area contributed by atoms with Crippen LogP contribution in [0.4, 0.5) is 0 Å². The van der Waals surface area contributed by atoms with E-state index in [1.54, 1.807) is 5.57 Å². The Bertz CT molecular complexity index is 198. The van der Waals surface area contributed by atoms with Gasteiger partial charge in [0.25, 0.3) is 0 Å². The van der Waals surface area contributed by atoms with Crippen molar-refractivity contribution < 1.29 is 0 Å². The molecule has 0 aromatic heterocycles. The molecular formula is C11H16. The summed E-state index contributed by atoms with van der Waals surface area (Å²) >= 11 is 0. The first-order valence-corrected chi connectivity index (χ1v) is 4.69. The van der Waals surface area contributed by atoms with E-state index in [9.17, 15) is 0 Å². The minimum atomic E-state index is 0.992. The van der Waals surface area contributed by atoms with E-state index >= 15 is 0 Å². The molecular weight excluding hydrogens is 132 g/mol. The molecule has 11 heavy (non-hydrogen) atoms. The third-order valence-corrected chi connectivity index (χ3v) is 3.10. The zero-order valence-electron chi connectivity index (χ0n) is 7.22. The molecule has 2 aliphatic rings. The minimum Gasteiger partial charge on any atom is -0.0917 e. The molecule has 0 heteroatoms. The lowest BCUT2D eigenvalue weighted by molar-refractivity contribution is 0.394. The summed E-state index contributed by atoms with van der Waals surface area (Å²) in [6, 6.07) is 0. The van der Waals surface area contributed by atoms with Gasteiger partial charge in [-0.1, -0.05) is 23.8 Å². The van der Waals surface area contributed by atoms with Gasteiger partial charge in [-0.05, 0) is 44.4 Å². The van der Waals surface area contributed by atoms with Crippen molar-refractivity contribution in [3.63, 3.8) is 0 Å². The van der Waals surface area contributed by atoms with Crippen LogP contribution in [0, 0.1) is 11.8 Å². The standard InChI is InChI=1S/C11H16/c1-2-3-4-10-7-9-5-6-11(10)8-9/h2-3,5,10-11H,4,6-8H2,1H3/b3-2+. The molecule has 2 bridgehead atoms. The predicted octanol–water partition coefficient (Wildman–Crippen LogP) is 3.31. The Hall–Kier alpha value is -0.520. The van der Waals surface area contributed by atoms with Gasteiger partial charge >= 0.3 is 0 Å². The molecule has 1 saturated carbocycles. The highest BCUT2D eigenvalue weighted by Crippen LogP contribution is 2.45. The third-order valence-electron chi connectivity index (χ3n) is 3.10. The van der Waals surface area contributed by atoms with Crippen LogP contribution in [-0.4, -0.2) is 0 Å². The van der Waals surface area contributed by atoms with Crippen LogP contribution in [0.15, 0.2) is 23.8 Å². The summed E-state index contributed by atoms with van der Waals surface area (Å²) in [6.45, 7) is 2.12. The zero-order chi connectivity index (χ0) is 7.68. The third kappa shape index (κ3) is 1.26. The van der Waals surface area contributed by atoms with Gasteiger partial charge in [-0.3, -0.25) is 0 Å². The van der Waals surface area contributed by atoms with E-state index in [0.717, 1.165) is 11.8 Å². The van der Waals surface area contributed by atoms with Crippen LogP contribution in [0.2, 0.25) is 0 Å². The summed E-state index contributed by atoms with van der Waals surface area (Å²) < 4.78 is 0. The molecule has 60 valence electrons. The van der Waals surface area contributed by atoms with Gasteiger partial charge in [0.05, 0.1) is 0 Å². The van der Waals surface area contributed by atoms with Crippen LogP contribution >= 0.6 is 0 Å². The molecule has 0 aromatic carbocycles. The van der Waals surface area contributed by atoms with Crippen molar-refractivity contribution in [2.45, 2.75) is 32.6 Å². The van der Waals surface area contributed by atoms with Crippen LogP contribution < -0.4 is 0 Å². The van der Waals surface area contributed by atoms with Crippen molar-refractivity contribution in [1.82, 2.24) is 0 Å². The average molecular weight is 148 g/mol. The van der Waals surface area contributed by atoms with E-state index < -0.39 is 0 Å². The monoisotopic (exact) mass is 148 g/mol. The summed E-state index contributed by atoms with van der Waals surface area (Å²) in [7, 11) is 0. The van der Waals surface area contributed by atoms with Crippen LogP contribution in [0.5, 0.6) is 0 Å². The van der Waals surface area contributed by atoms with Crippen LogP contribution in [0.3, 0.4) is 0 Å². The maximum Gasteiger partial charge on any atom is -0.0286 e. The Balaban J connectivity index is 1.93. The van der Waals surface area contributed by atoms with Crippen molar-refractivity contribution in [1.29, 1.82) is 0 Å². The summed E-state index contributed by atoms with van der Waals surface area (Å²) in [5, 5.41) is 0. The topological polar surface area (TPSA) is 0 Å². The lowest BCUT2D eigenvalue weighted by atomic mass is 9.89. The zero-order valence-corrected chi connectivity index (χ0v) is 7.22. The molecule has 0 spiro atoms. The van der Waals surface area contributed by atoms with E-state index in [4.69, 9.17) is 0 Å². The molecule has 0 amide bonds. The Morgan fingerprint density at radius 1 is 1.55 bits per heavy atom. The summed E-state index contributed by atoms with van der Waals surface area (Å²) in [6.07, 6.45) is 12.5. The van der Waals surface area contributed by atoms with Crippen LogP contribution in [-0.2, 0) is 0 Å². The van der Waals surface area contributed by atoms with Gasteiger partial charge in [0.2, 0.25) is 0 Å². The first-order valence-electron chi connectivity index (χ1n) is 4.69. The number of fused-ring (bicyclic) bond motifs is 2. The van der Waals surface area contributed by atoms with E-state index in [1.807, 2.05) is 0 Å². The minimum absolute atomic E-state index is 0.992. The number of hydrogen-bond acceptors (Lipinski definition) is 0. The average Bonchev–Trinajstić information content (AvgIpc) is 2.60. The first-order chi connectivity index (χ1) is 5.40. The number of rotatable bonds is 2. The van der Waals surface area contributed by atoms with E-state index in [2.05, 4.69) is 25.2 Å². The summed E-state index contributed by atoms with van der Waals surface area (Å²) in [4.78, 5) is 0. The fourth-order valence-corrected chi connectivity index (χ4v) is 2.44. The molecule has 0 N–H and O–H groups in total. The Kier molecular flexibility index (Phi) is 1.85. The van der Waals surface area contributed by atoms with Crippen LogP contribution in [0.1, 0.15) is 32.6 Å². The Morgan fingerprint density at radius 2 is 2.45 bits per heavy atom. The second-order valence-corrected chi connectivity index (χ2v) is 3.83. The van der Waals surface area contributed by atoms with Crippen molar-refractivity contribution in [3.05, 3.63) is 23.8 Å². The first kappa shape index (κ1) is 7.15. The molecule has 0 radical (unpaired) electrons. The van der Waals surface area contributed by atoms with Crippen molar-refractivity contribution >= 4 is 0 Å². The fourth-order valence-electron chi connectivity index (χ4n) is 2.44. The van der Waals surface area contributed by atoms with Gasteiger partial charge in [-0.2, -0.15) is 0 Å². The highest BCUT2D eigenvalue weighted by Gasteiger charge is 2.32. The predicted molar refractivity (Wildman–Crippen MR) is 48.3 cm³/mol. The molecule has 2 unspecified atom stereocenters. The summed E-state index contributed by atoms with van der Waals surface area (Å²) in [5.41, 5.74) is 1.74. The number of allylic oxidation sites excluding steroid dienone is 4. The quantitative estimate of drug-likeness (QED) is 0.527. The second kappa shape index (κ2) is 2.84. The molecule has 2 aliphatic carbocycles. The van der Waals surface area contributed by atoms with E-state index in [-0.39, 0.29) is 0 Å². The maximum absolute atomic E-state index is 2.46. The Labute approximate surface area is 69.0 Å². The molecule has 0 aliphatic heterocycles. The summed E-state index contributed by atoms with van der Waals surface area (Å²) in [5.74, 6) is 2.01. The van der Waals surface area contributed by atoms with Gasteiger partial charge < -0.3 is 0 Å². The van der Waals surface area contributed by atoms with Gasteiger partial charge in [0.15, 0.2) is 0 Å². The molecule has 0 saturated heterocycles. The van der Waals surface area contributed by atoms with E-state index in [1.165, 1.54) is 25.7 Å². The molecule has 0 aromatic rings. The van der Waals surface area contributed by atoms with Gasteiger partial charge in [0.1, 0.15) is 0 Å². The lowest BCUT2D eigenvalue weighted by Crippen LogP contribution is -2.06. The van der Waals surface area contributed by atoms with Gasteiger partial charge in [-0.25, -0.2) is 0 Å². The number of hydrogen-bond donors (Lipinski definition) is 0. The Morgan fingerprint density at radius 3 is 3.00 bits per heavy atom. The highest BCUT2D eigenvalue weighted by molar-refractivity contribution is 5.18. The van der Waals surface area contributed by atoms with Crippen LogP contribution in [0.25, 0.3) is 0 Å². The molecule has 2 rings (SSSR count). The normalized spacial score (nSPS) is 35.2. The fraction of sp³-hybridized carbons (Fsp3) is 0.636. The van der Waals surface area contributed by atoms with Crippen molar-refractivity contribution in [3.8, 4) is 0 Å². The van der Waals surface area contributed by atoms with Crippen molar-refractivity contribution in [2.24, 2.45) is 11.8 Å². The molecule has 1 fully saturated rings. The molecule has 0 nitrogen and oxygen atoms in total. The lowest BCUT2D eigenvalue weighted by Gasteiger charge is -2.16. The van der Waals surface area contributed by atoms with Gasteiger partial charge in [0, 0.05) is 0 Å². The maximum atomic E-state index is 2.46.